The summed E-state index contributed by atoms with van der Waals surface area (Å²) in [4.78, 5) is 30.4. The fourth-order valence-corrected chi connectivity index (χ4v) is 6.15. The highest BCUT2D eigenvalue weighted by Crippen LogP contribution is 2.31. The normalized spacial score (nSPS) is 17.9. The summed E-state index contributed by atoms with van der Waals surface area (Å²) in [6.07, 6.45) is -2.63. The van der Waals surface area contributed by atoms with Crippen molar-refractivity contribution in [1.82, 2.24) is 14.4 Å². The Morgan fingerprint density at radius 1 is 1.13 bits per heavy atom. The molecule has 47 heavy (non-hydrogen) atoms. The number of aromatic nitrogens is 1. The largest absolute Gasteiger partial charge is 0.488 e. The van der Waals surface area contributed by atoms with E-state index in [2.05, 4.69) is 5.32 Å². The van der Waals surface area contributed by atoms with Crippen LogP contribution < -0.4 is 10.1 Å². The second-order valence-corrected chi connectivity index (χ2v) is 12.6. The van der Waals surface area contributed by atoms with Crippen LogP contribution in [0.3, 0.4) is 0 Å². The molecule has 0 bridgehead atoms. The summed E-state index contributed by atoms with van der Waals surface area (Å²) in [5.74, 6) is 0.0162. The Hall–Kier alpha value is -4.35. The number of nitrogens with one attached hydrogen (secondary N) is 1. The third-order valence-electron chi connectivity index (χ3n) is 8.76. The molecule has 0 unspecified atom stereocenters. The number of hydrogen-bond donors (Lipinski definition) is 2. The average molecular weight is 651 g/mol. The van der Waals surface area contributed by atoms with Gasteiger partial charge in [-0.3, -0.25) is 14.5 Å². The molecule has 11 heteroatoms. The Labute approximate surface area is 272 Å². The number of aliphatic hydroxyl groups excluding tert-OH is 1. The maximum absolute atomic E-state index is 13.6. The van der Waals surface area contributed by atoms with Gasteiger partial charge in [-0.15, -0.1) is 0 Å². The van der Waals surface area contributed by atoms with E-state index in [-0.39, 0.29) is 43.3 Å². The number of para-hydroxylation sites is 1. The highest BCUT2D eigenvalue weighted by Gasteiger charge is 2.32. The van der Waals surface area contributed by atoms with Crippen LogP contribution in [0.1, 0.15) is 36.1 Å². The molecular weight excluding hydrogens is 609 g/mol. The number of benzene rings is 3. The molecule has 2 amide bonds. The van der Waals surface area contributed by atoms with Crippen molar-refractivity contribution in [1.29, 1.82) is 0 Å². The Morgan fingerprint density at radius 2 is 1.85 bits per heavy atom. The predicted octanol–water partition coefficient (Wildman–Crippen LogP) is 5.66. The van der Waals surface area contributed by atoms with Gasteiger partial charge in [-0.25, -0.2) is 0 Å². The summed E-state index contributed by atoms with van der Waals surface area (Å²) in [5.41, 5.74) is 3.13. The number of aryl methyl sites for hydroxylation is 1. The van der Waals surface area contributed by atoms with Gasteiger partial charge < -0.3 is 24.6 Å². The van der Waals surface area contributed by atoms with Crippen LogP contribution in [0.4, 0.5) is 18.9 Å². The molecule has 250 valence electrons. The monoisotopic (exact) mass is 650 g/mol. The molecule has 0 aliphatic carbocycles. The van der Waals surface area contributed by atoms with E-state index >= 15 is 0 Å². The Bertz CT molecular complexity index is 1720. The highest BCUT2D eigenvalue weighted by molar-refractivity contribution is 5.96. The highest BCUT2D eigenvalue weighted by atomic mass is 19.4. The van der Waals surface area contributed by atoms with Gasteiger partial charge in [-0.05, 0) is 61.5 Å². The smallest absolute Gasteiger partial charge is 0.416 e. The number of ether oxygens (including phenoxy) is 1. The molecule has 0 fully saturated rings. The number of hydrogen-bond acceptors (Lipinski definition) is 5. The summed E-state index contributed by atoms with van der Waals surface area (Å²) in [6.45, 7) is 4.75. The molecule has 0 saturated carbocycles. The molecule has 3 atom stereocenters. The second-order valence-electron chi connectivity index (χ2n) is 12.6. The van der Waals surface area contributed by atoms with Crippen LogP contribution in [-0.2, 0) is 42.2 Å². The van der Waals surface area contributed by atoms with Crippen molar-refractivity contribution in [3.05, 3.63) is 95.2 Å². The van der Waals surface area contributed by atoms with Crippen molar-refractivity contribution in [3.8, 4) is 5.75 Å². The van der Waals surface area contributed by atoms with Gasteiger partial charge in [0.05, 0.1) is 31.1 Å². The summed E-state index contributed by atoms with van der Waals surface area (Å²) in [7, 11) is 3.81. The number of aliphatic hydroxyl groups is 1. The maximum Gasteiger partial charge on any atom is 0.416 e. The average Bonchev–Trinajstić information content (AvgIpc) is 3.35. The number of nitrogens with zero attached hydrogens (tertiary/aromatic N) is 3. The third-order valence-corrected chi connectivity index (χ3v) is 8.76. The van der Waals surface area contributed by atoms with Gasteiger partial charge in [0.25, 0.3) is 0 Å². The molecule has 5 rings (SSSR count). The first kappa shape index (κ1) is 34.0. The van der Waals surface area contributed by atoms with Gasteiger partial charge >= 0.3 is 6.18 Å². The first-order valence-electron chi connectivity index (χ1n) is 15.7. The van der Waals surface area contributed by atoms with E-state index in [1.54, 1.807) is 30.0 Å². The lowest BCUT2D eigenvalue weighted by atomic mass is 10.0. The molecule has 1 aliphatic heterocycles. The number of likely N-dealkylation sites (N-methyl/N-ethyl adjacent to an activating group) is 1. The molecule has 4 aromatic rings. The van der Waals surface area contributed by atoms with Gasteiger partial charge in [0.2, 0.25) is 11.8 Å². The second kappa shape index (κ2) is 14.2. The van der Waals surface area contributed by atoms with Crippen molar-refractivity contribution in [2.75, 3.05) is 32.1 Å². The Balaban J connectivity index is 1.35. The SMILES string of the molecule is C[C@@H]1CN([C@H](C)CO)C(=O)Cc2cc(NC(=O)Cc3cn(C)c4ccccc34)ccc2O[C@@H]1CN(C)Cc1ccc(C(F)(F)F)cc1. The quantitative estimate of drug-likeness (QED) is 0.244. The van der Waals surface area contributed by atoms with E-state index in [0.717, 1.165) is 34.2 Å². The molecule has 0 radical (unpaired) electrons. The van der Waals surface area contributed by atoms with E-state index in [1.807, 2.05) is 60.9 Å². The van der Waals surface area contributed by atoms with Gasteiger partial charge in [-0.1, -0.05) is 37.3 Å². The third kappa shape index (κ3) is 8.15. The zero-order valence-corrected chi connectivity index (χ0v) is 27.1. The lowest BCUT2D eigenvalue weighted by molar-refractivity contribution is -0.137. The van der Waals surface area contributed by atoms with Crippen LogP contribution in [0.25, 0.3) is 10.9 Å². The number of rotatable bonds is 9. The molecule has 1 aliphatic rings. The zero-order valence-electron chi connectivity index (χ0n) is 27.1. The minimum atomic E-state index is -4.40. The number of amides is 2. The molecule has 3 aromatic carbocycles. The van der Waals surface area contributed by atoms with Crippen molar-refractivity contribution in [2.45, 2.75) is 51.6 Å². The van der Waals surface area contributed by atoms with Crippen LogP contribution in [0.5, 0.6) is 5.75 Å². The van der Waals surface area contributed by atoms with Crippen LogP contribution >= 0.6 is 0 Å². The topological polar surface area (TPSA) is 87.0 Å². The van der Waals surface area contributed by atoms with E-state index in [9.17, 15) is 27.9 Å². The van der Waals surface area contributed by atoms with E-state index in [0.29, 0.717) is 36.6 Å². The summed E-state index contributed by atoms with van der Waals surface area (Å²) >= 11 is 0. The predicted molar refractivity (Wildman–Crippen MR) is 175 cm³/mol. The van der Waals surface area contributed by atoms with Crippen molar-refractivity contribution in [3.63, 3.8) is 0 Å². The molecule has 8 nitrogen and oxygen atoms in total. The van der Waals surface area contributed by atoms with Crippen LogP contribution in [0, 0.1) is 5.92 Å². The summed E-state index contributed by atoms with van der Waals surface area (Å²) in [6, 6.07) is 17.9. The first-order chi connectivity index (χ1) is 22.3. The first-order valence-corrected chi connectivity index (χ1v) is 15.7. The molecule has 2 heterocycles. The van der Waals surface area contributed by atoms with Gasteiger partial charge in [0.15, 0.2) is 0 Å². The molecule has 1 aromatic heterocycles. The van der Waals surface area contributed by atoms with Crippen LogP contribution in [0.15, 0.2) is 72.9 Å². The number of alkyl halides is 3. The van der Waals surface area contributed by atoms with Gasteiger partial charge in [-0.2, -0.15) is 13.2 Å². The summed E-state index contributed by atoms with van der Waals surface area (Å²) in [5, 5.41) is 13.9. The van der Waals surface area contributed by atoms with Crippen molar-refractivity contribution >= 4 is 28.4 Å². The van der Waals surface area contributed by atoms with E-state index in [1.165, 1.54) is 12.1 Å². The number of carbonyl (C=O) groups is 2. The fourth-order valence-electron chi connectivity index (χ4n) is 6.15. The lowest BCUT2D eigenvalue weighted by Crippen LogP contribution is -2.47. The summed E-state index contributed by atoms with van der Waals surface area (Å²) < 4.78 is 47.7. The Morgan fingerprint density at radius 3 is 2.55 bits per heavy atom. The molecular formula is C36H41F3N4O4. The molecule has 0 saturated heterocycles. The number of fused-ring (bicyclic) bond motifs is 2. The minimum Gasteiger partial charge on any atom is -0.488 e. The molecule has 0 spiro atoms. The zero-order chi connectivity index (χ0) is 33.9. The van der Waals surface area contributed by atoms with Gasteiger partial charge in [0, 0.05) is 61.0 Å². The standard InChI is InChI=1S/C36H41F3N4O4/c1-23-18-43(24(2)22-44)35(46)17-26-15-29(40-34(45)16-27-20-42(4)31-8-6-5-7-30(27)31)13-14-32(26)47-33(23)21-41(3)19-25-9-11-28(12-10-25)36(37,38)39/h5-15,20,23-24,33,44H,16-19,21-22H2,1-4H3,(H,40,45)/t23-,24-,33-/m1/s1. The molecule has 2 N–H and O–H groups in total. The number of halogens is 3. The maximum atomic E-state index is 13.6. The van der Waals surface area contributed by atoms with Crippen molar-refractivity contribution in [2.24, 2.45) is 13.0 Å². The van der Waals surface area contributed by atoms with E-state index in [4.69, 9.17) is 4.74 Å². The minimum absolute atomic E-state index is 0.0214. The number of anilines is 1. The lowest BCUT2D eigenvalue weighted by Gasteiger charge is -2.34. The van der Waals surface area contributed by atoms with Crippen molar-refractivity contribution < 1.29 is 32.6 Å². The van der Waals surface area contributed by atoms with Crippen LogP contribution in [0.2, 0.25) is 0 Å². The van der Waals surface area contributed by atoms with E-state index < -0.39 is 17.8 Å². The van der Waals surface area contributed by atoms with Crippen LogP contribution in [-0.4, -0.2) is 70.2 Å². The Kier molecular flexibility index (Phi) is 10.3. The fraction of sp³-hybridized carbons (Fsp3) is 0.389. The number of carbonyl (C=O) groups excluding carboxylic acids is 2. The van der Waals surface area contributed by atoms with Gasteiger partial charge in [0.1, 0.15) is 11.9 Å².